The molecule has 1 rings (SSSR count). The highest BCUT2D eigenvalue weighted by Crippen LogP contribution is 2.34. The predicted molar refractivity (Wildman–Crippen MR) is 81.5 cm³/mol. The van der Waals surface area contributed by atoms with Gasteiger partial charge < -0.3 is 19.9 Å². The third-order valence-corrected chi connectivity index (χ3v) is 4.70. The van der Waals surface area contributed by atoms with Crippen molar-refractivity contribution in [1.82, 2.24) is 5.32 Å². The largest absolute Gasteiger partial charge is 0.495 e. The molecule has 0 atom stereocenters. The Morgan fingerprint density at radius 1 is 1.36 bits per heavy atom. The number of nitrogens with one attached hydrogen (secondary N) is 1. The smallest absolute Gasteiger partial charge is 0.329 e. The topological polar surface area (TPSA) is 102 Å². The van der Waals surface area contributed by atoms with Gasteiger partial charge >= 0.3 is 5.97 Å². The lowest BCUT2D eigenvalue weighted by atomic mass is 10.3. The maximum absolute atomic E-state index is 12.3. The molecule has 0 saturated carbocycles. The maximum atomic E-state index is 12.3. The number of sulfone groups is 1. The Hall–Kier alpha value is -1.06. The molecular weight excluding hydrogens is 357 g/mol. The molecule has 22 heavy (non-hydrogen) atoms. The summed E-state index contributed by atoms with van der Waals surface area (Å²) < 4.78 is 34.3. The highest BCUT2D eigenvalue weighted by Gasteiger charge is 2.23. The number of carbonyl (C=O) groups is 1. The van der Waals surface area contributed by atoms with Gasteiger partial charge in [0, 0.05) is 17.6 Å². The molecule has 0 aliphatic heterocycles. The van der Waals surface area contributed by atoms with E-state index in [1.165, 1.54) is 19.2 Å². The van der Waals surface area contributed by atoms with Crippen molar-refractivity contribution in [2.75, 3.05) is 32.7 Å². The molecule has 0 aromatic heterocycles. The Bertz CT molecular complexity index is 635. The molecule has 0 bridgehead atoms. The van der Waals surface area contributed by atoms with Crippen molar-refractivity contribution in [1.29, 1.82) is 0 Å². The zero-order chi connectivity index (χ0) is 16.8. The zero-order valence-electron chi connectivity index (χ0n) is 11.6. The van der Waals surface area contributed by atoms with Gasteiger partial charge in [-0.2, -0.15) is 0 Å². The van der Waals surface area contributed by atoms with Gasteiger partial charge in [-0.25, -0.2) is 13.2 Å². The minimum Gasteiger partial charge on any atom is -0.495 e. The Labute approximate surface area is 138 Å². The highest BCUT2D eigenvalue weighted by atomic mass is 35.5. The Balaban J connectivity index is 2.69. The summed E-state index contributed by atoms with van der Waals surface area (Å²) in [5.74, 6) is -1.44. The van der Waals surface area contributed by atoms with Crippen molar-refractivity contribution in [3.05, 3.63) is 22.2 Å². The second-order valence-corrected chi connectivity index (χ2v) is 6.89. The van der Waals surface area contributed by atoms with Crippen LogP contribution in [-0.2, 0) is 19.4 Å². The molecule has 10 heteroatoms. The lowest BCUT2D eigenvalue weighted by Gasteiger charge is -2.12. The van der Waals surface area contributed by atoms with E-state index in [1.807, 2.05) is 0 Å². The number of rotatable bonds is 9. The molecule has 1 aromatic rings. The van der Waals surface area contributed by atoms with Crippen LogP contribution in [0.1, 0.15) is 0 Å². The van der Waals surface area contributed by atoms with Crippen LogP contribution in [0.15, 0.2) is 17.0 Å². The van der Waals surface area contributed by atoms with E-state index < -0.39 is 28.3 Å². The monoisotopic (exact) mass is 371 g/mol. The molecule has 0 fully saturated rings. The fourth-order valence-corrected chi connectivity index (χ4v) is 3.76. The third-order valence-electron chi connectivity index (χ3n) is 2.45. The number of ether oxygens (including phenoxy) is 2. The molecule has 124 valence electrons. The first kappa shape index (κ1) is 19.0. The van der Waals surface area contributed by atoms with Gasteiger partial charge in [-0.15, -0.1) is 0 Å². The molecule has 0 heterocycles. The summed E-state index contributed by atoms with van der Waals surface area (Å²) >= 11 is 11.7. The van der Waals surface area contributed by atoms with Crippen LogP contribution < -0.4 is 10.1 Å². The first-order chi connectivity index (χ1) is 10.3. The van der Waals surface area contributed by atoms with Crippen LogP contribution in [0.2, 0.25) is 10.0 Å². The van der Waals surface area contributed by atoms with Crippen molar-refractivity contribution < 1.29 is 27.8 Å². The SMILES string of the molecule is COc1cc(Cl)cc(Cl)c1S(=O)(=O)CNCCOCC(=O)O. The van der Waals surface area contributed by atoms with E-state index in [-0.39, 0.29) is 33.8 Å². The van der Waals surface area contributed by atoms with E-state index >= 15 is 0 Å². The summed E-state index contributed by atoms with van der Waals surface area (Å²) in [7, 11) is -2.44. The van der Waals surface area contributed by atoms with Crippen molar-refractivity contribution in [3.8, 4) is 5.75 Å². The van der Waals surface area contributed by atoms with E-state index in [4.69, 9.17) is 37.8 Å². The Morgan fingerprint density at radius 2 is 2.05 bits per heavy atom. The normalized spacial score (nSPS) is 11.4. The zero-order valence-corrected chi connectivity index (χ0v) is 14.0. The number of hydrogen-bond acceptors (Lipinski definition) is 6. The number of halogens is 2. The lowest BCUT2D eigenvalue weighted by Crippen LogP contribution is -2.27. The standard InChI is InChI=1S/C12H15Cl2NO6S/c1-20-10-5-8(13)4-9(14)12(10)22(18,19)7-15-2-3-21-6-11(16)17/h4-5,15H,2-3,6-7H2,1H3,(H,16,17). The summed E-state index contributed by atoms with van der Waals surface area (Å²) in [6.07, 6.45) is 0. The van der Waals surface area contributed by atoms with Crippen molar-refractivity contribution >= 4 is 39.0 Å². The molecule has 0 saturated heterocycles. The summed E-state index contributed by atoms with van der Waals surface area (Å²) in [5, 5.41) is 11.2. The first-order valence-corrected chi connectivity index (χ1v) is 8.45. The number of methoxy groups -OCH3 is 1. The van der Waals surface area contributed by atoms with Gasteiger partial charge in [-0.05, 0) is 6.07 Å². The quantitative estimate of drug-likeness (QED) is 0.632. The molecule has 7 nitrogen and oxygen atoms in total. The average Bonchev–Trinajstić information content (AvgIpc) is 2.40. The van der Waals surface area contributed by atoms with Gasteiger partial charge in [0.1, 0.15) is 23.1 Å². The van der Waals surface area contributed by atoms with E-state index in [0.29, 0.717) is 0 Å². The van der Waals surface area contributed by atoms with Crippen LogP contribution >= 0.6 is 23.2 Å². The van der Waals surface area contributed by atoms with Crippen LogP contribution in [0.4, 0.5) is 0 Å². The van der Waals surface area contributed by atoms with E-state index in [2.05, 4.69) is 5.32 Å². The first-order valence-electron chi connectivity index (χ1n) is 6.04. The molecule has 0 aliphatic carbocycles. The van der Waals surface area contributed by atoms with Crippen molar-refractivity contribution in [2.24, 2.45) is 0 Å². The summed E-state index contributed by atoms with van der Waals surface area (Å²) in [6.45, 7) is -0.210. The van der Waals surface area contributed by atoms with Gasteiger partial charge in [0.2, 0.25) is 0 Å². The predicted octanol–water partition coefficient (Wildman–Crippen LogP) is 1.42. The lowest BCUT2D eigenvalue weighted by molar-refractivity contribution is -0.142. The minimum atomic E-state index is -3.75. The van der Waals surface area contributed by atoms with Crippen LogP contribution in [0, 0.1) is 0 Å². The van der Waals surface area contributed by atoms with E-state index in [0.717, 1.165) is 0 Å². The molecule has 0 radical (unpaired) electrons. The van der Waals surface area contributed by atoms with Gasteiger partial charge in [0.05, 0.1) is 18.7 Å². The van der Waals surface area contributed by atoms with Crippen LogP contribution in [0.3, 0.4) is 0 Å². The van der Waals surface area contributed by atoms with E-state index in [1.54, 1.807) is 0 Å². The third kappa shape index (κ3) is 5.62. The Kier molecular flexibility index (Phi) is 7.37. The summed E-state index contributed by atoms with van der Waals surface area (Å²) in [6, 6.07) is 2.67. The fourth-order valence-electron chi connectivity index (χ4n) is 1.57. The molecule has 0 unspecified atom stereocenters. The van der Waals surface area contributed by atoms with Crippen molar-refractivity contribution in [3.63, 3.8) is 0 Å². The molecule has 2 N–H and O–H groups in total. The molecular formula is C12H15Cl2NO6S. The molecule has 0 aliphatic rings. The second kappa shape index (κ2) is 8.54. The highest BCUT2D eigenvalue weighted by molar-refractivity contribution is 7.91. The van der Waals surface area contributed by atoms with E-state index in [9.17, 15) is 13.2 Å². The molecule has 0 spiro atoms. The average molecular weight is 372 g/mol. The van der Waals surface area contributed by atoms with Crippen LogP contribution in [0.5, 0.6) is 5.75 Å². The number of hydrogen-bond donors (Lipinski definition) is 2. The fraction of sp³-hybridized carbons (Fsp3) is 0.417. The summed E-state index contributed by atoms with van der Waals surface area (Å²) in [5.41, 5.74) is 0. The molecule has 0 amide bonds. The second-order valence-electron chi connectivity index (χ2n) is 4.12. The van der Waals surface area contributed by atoms with Gasteiger partial charge in [-0.1, -0.05) is 23.2 Å². The van der Waals surface area contributed by atoms with Gasteiger partial charge in [0.25, 0.3) is 0 Å². The van der Waals surface area contributed by atoms with Crippen LogP contribution in [-0.4, -0.2) is 52.2 Å². The number of benzene rings is 1. The van der Waals surface area contributed by atoms with Crippen molar-refractivity contribution in [2.45, 2.75) is 4.90 Å². The maximum Gasteiger partial charge on any atom is 0.329 e. The van der Waals surface area contributed by atoms with Gasteiger partial charge in [-0.3, -0.25) is 0 Å². The number of carboxylic acids is 1. The molecule has 1 aromatic carbocycles. The minimum absolute atomic E-state index is 0.0340. The Morgan fingerprint density at radius 3 is 2.64 bits per heavy atom. The van der Waals surface area contributed by atoms with Gasteiger partial charge in [0.15, 0.2) is 9.84 Å². The number of carboxylic acid groups (broad SMARTS) is 1. The summed E-state index contributed by atoms with van der Waals surface area (Å²) in [4.78, 5) is 10.1. The number of aliphatic carboxylic acids is 1. The van der Waals surface area contributed by atoms with Crippen LogP contribution in [0.25, 0.3) is 0 Å².